The van der Waals surface area contributed by atoms with Crippen molar-refractivity contribution in [1.29, 1.82) is 0 Å². The van der Waals surface area contributed by atoms with Crippen LogP contribution in [0, 0.1) is 0 Å². The van der Waals surface area contributed by atoms with E-state index in [1.807, 2.05) is 52.9 Å². The minimum Gasteiger partial charge on any atom is -0.497 e. The van der Waals surface area contributed by atoms with E-state index in [0.29, 0.717) is 6.42 Å². The first kappa shape index (κ1) is 15.9. The van der Waals surface area contributed by atoms with E-state index in [9.17, 15) is 4.79 Å². The van der Waals surface area contributed by atoms with E-state index in [1.165, 1.54) is 0 Å². The predicted octanol–water partition coefficient (Wildman–Crippen LogP) is 3.60. The number of anilines is 1. The number of ether oxygens (including phenoxy) is 1. The molecule has 0 unspecified atom stereocenters. The molecule has 0 atom stereocenters. The summed E-state index contributed by atoms with van der Waals surface area (Å²) in [5.74, 6) is 1.64. The van der Waals surface area contributed by atoms with Crippen molar-refractivity contribution < 1.29 is 9.53 Å². The van der Waals surface area contributed by atoms with Crippen molar-refractivity contribution in [2.75, 3.05) is 18.6 Å². The third kappa shape index (κ3) is 3.17. The lowest BCUT2D eigenvalue weighted by atomic mass is 10.1. The molecule has 0 aliphatic carbocycles. The van der Waals surface area contributed by atoms with Crippen LogP contribution >= 0.6 is 11.3 Å². The molecule has 4 rings (SSSR count). The second kappa shape index (κ2) is 6.72. The Labute approximate surface area is 150 Å². The summed E-state index contributed by atoms with van der Waals surface area (Å²) in [7, 11) is 1.66. The van der Waals surface area contributed by atoms with E-state index < -0.39 is 0 Å². The molecular formula is C19H19N3O2S. The lowest BCUT2D eigenvalue weighted by molar-refractivity contribution is -0.118. The Bertz CT molecular complexity index is 886. The van der Waals surface area contributed by atoms with Crippen molar-refractivity contribution in [2.24, 2.45) is 0 Å². The fourth-order valence-corrected chi connectivity index (χ4v) is 3.80. The van der Waals surface area contributed by atoms with Crippen LogP contribution in [0.25, 0.3) is 11.3 Å². The van der Waals surface area contributed by atoms with Crippen LogP contribution in [-0.2, 0) is 17.8 Å². The Hall–Kier alpha value is -2.60. The quantitative estimate of drug-likeness (QED) is 0.720. The molecule has 0 radical (unpaired) electrons. The highest BCUT2D eigenvalue weighted by Gasteiger charge is 2.25. The molecule has 3 heterocycles. The number of imidazole rings is 1. The van der Waals surface area contributed by atoms with Crippen LogP contribution in [0.5, 0.6) is 5.75 Å². The lowest BCUT2D eigenvalue weighted by Gasteiger charge is -2.26. The third-order valence-corrected chi connectivity index (χ3v) is 5.23. The van der Waals surface area contributed by atoms with Crippen LogP contribution in [-0.4, -0.2) is 29.1 Å². The molecule has 1 aliphatic rings. The molecule has 0 fully saturated rings. The van der Waals surface area contributed by atoms with Crippen LogP contribution in [0.1, 0.15) is 11.3 Å². The average Bonchev–Trinajstić information content (AvgIpc) is 3.30. The van der Waals surface area contributed by atoms with Crippen LogP contribution < -0.4 is 9.64 Å². The maximum absolute atomic E-state index is 12.7. The number of fused-ring (bicyclic) bond motifs is 1. The molecule has 0 spiro atoms. The summed E-state index contributed by atoms with van der Waals surface area (Å²) in [6, 6.07) is 11.8. The predicted molar refractivity (Wildman–Crippen MR) is 99.2 cm³/mol. The van der Waals surface area contributed by atoms with Gasteiger partial charge in [-0.2, -0.15) is 0 Å². The Kier molecular flexibility index (Phi) is 4.28. The Morgan fingerprint density at radius 1 is 1.28 bits per heavy atom. The largest absolute Gasteiger partial charge is 0.497 e. The summed E-state index contributed by atoms with van der Waals surface area (Å²) in [5.41, 5.74) is 1.86. The molecule has 5 nitrogen and oxygen atoms in total. The van der Waals surface area contributed by atoms with Gasteiger partial charge in [0.25, 0.3) is 0 Å². The van der Waals surface area contributed by atoms with Crippen molar-refractivity contribution in [1.82, 2.24) is 9.55 Å². The number of rotatable bonds is 4. The number of benzene rings is 1. The Morgan fingerprint density at radius 2 is 2.20 bits per heavy atom. The highest BCUT2D eigenvalue weighted by Crippen LogP contribution is 2.29. The van der Waals surface area contributed by atoms with Crippen molar-refractivity contribution in [3.8, 4) is 17.0 Å². The zero-order chi connectivity index (χ0) is 17.2. The van der Waals surface area contributed by atoms with Gasteiger partial charge in [0.2, 0.25) is 11.9 Å². The molecule has 2 aromatic heterocycles. The number of carbonyl (C=O) groups is 1. The van der Waals surface area contributed by atoms with Gasteiger partial charge in [-0.05, 0) is 30.0 Å². The Balaban J connectivity index is 1.63. The van der Waals surface area contributed by atoms with Crippen molar-refractivity contribution in [3.05, 3.63) is 52.9 Å². The molecule has 1 amide bonds. The molecule has 25 heavy (non-hydrogen) atoms. The fraction of sp³-hybridized carbons (Fsp3) is 0.263. The minimum atomic E-state index is 0.103. The number of nitrogens with zero attached hydrogens (tertiary/aromatic N) is 3. The van der Waals surface area contributed by atoms with Crippen molar-refractivity contribution in [2.45, 2.75) is 19.4 Å². The van der Waals surface area contributed by atoms with Gasteiger partial charge < -0.3 is 9.30 Å². The molecular weight excluding hydrogens is 334 g/mol. The first-order valence-electron chi connectivity index (χ1n) is 8.29. The second-order valence-electron chi connectivity index (χ2n) is 6.01. The van der Waals surface area contributed by atoms with Crippen molar-refractivity contribution >= 4 is 23.2 Å². The maximum Gasteiger partial charge on any atom is 0.234 e. The van der Waals surface area contributed by atoms with Gasteiger partial charge in [-0.1, -0.05) is 18.2 Å². The standard InChI is InChI=1S/C19H19N3O2S/c1-24-15-6-2-5-14(11-15)17-13-21-8-4-9-22(19(21)20-17)18(23)12-16-7-3-10-25-16/h2-3,5-7,10-11,13H,4,8-9,12H2,1H3. The third-order valence-electron chi connectivity index (χ3n) is 4.35. The van der Waals surface area contributed by atoms with Crippen LogP contribution in [0.4, 0.5) is 5.95 Å². The number of aryl methyl sites for hydroxylation is 1. The maximum atomic E-state index is 12.7. The molecule has 6 heteroatoms. The van der Waals surface area contributed by atoms with Gasteiger partial charge in [-0.15, -0.1) is 11.3 Å². The van der Waals surface area contributed by atoms with Crippen LogP contribution in [0.3, 0.4) is 0 Å². The molecule has 1 aromatic carbocycles. The summed E-state index contributed by atoms with van der Waals surface area (Å²) in [6.45, 7) is 1.61. The van der Waals surface area contributed by atoms with E-state index in [4.69, 9.17) is 9.72 Å². The molecule has 0 saturated heterocycles. The van der Waals surface area contributed by atoms with Gasteiger partial charge in [0.1, 0.15) is 5.75 Å². The molecule has 1 aliphatic heterocycles. The molecule has 128 valence electrons. The van der Waals surface area contributed by atoms with E-state index in [1.54, 1.807) is 18.4 Å². The molecule has 0 bridgehead atoms. The number of carbonyl (C=O) groups excluding carboxylic acids is 1. The number of aromatic nitrogens is 2. The number of amides is 1. The van der Waals surface area contributed by atoms with Gasteiger partial charge in [0.05, 0.1) is 19.2 Å². The van der Waals surface area contributed by atoms with E-state index in [-0.39, 0.29) is 5.91 Å². The smallest absolute Gasteiger partial charge is 0.234 e. The number of thiophene rings is 1. The number of methoxy groups -OCH3 is 1. The number of hydrogen-bond donors (Lipinski definition) is 0. The summed E-state index contributed by atoms with van der Waals surface area (Å²) >= 11 is 1.61. The molecule has 3 aromatic rings. The molecule has 0 N–H and O–H groups in total. The van der Waals surface area contributed by atoms with Crippen molar-refractivity contribution in [3.63, 3.8) is 0 Å². The van der Waals surface area contributed by atoms with Crippen LogP contribution in [0.15, 0.2) is 48.0 Å². The van der Waals surface area contributed by atoms with Gasteiger partial charge in [-0.25, -0.2) is 4.98 Å². The number of hydrogen-bond acceptors (Lipinski definition) is 4. The fourth-order valence-electron chi connectivity index (χ4n) is 3.10. The summed E-state index contributed by atoms with van der Waals surface area (Å²) in [4.78, 5) is 20.4. The highest BCUT2D eigenvalue weighted by atomic mass is 32.1. The SMILES string of the molecule is COc1cccc(-c2cn3c(n2)N(C(=O)Cc2cccs2)CCC3)c1. The topological polar surface area (TPSA) is 47.4 Å². The zero-order valence-corrected chi connectivity index (χ0v) is 14.8. The normalized spacial score (nSPS) is 13.6. The summed E-state index contributed by atoms with van der Waals surface area (Å²) in [6.07, 6.45) is 3.39. The summed E-state index contributed by atoms with van der Waals surface area (Å²) < 4.78 is 7.37. The summed E-state index contributed by atoms with van der Waals surface area (Å²) in [5, 5.41) is 2.00. The van der Waals surface area contributed by atoms with Gasteiger partial charge >= 0.3 is 0 Å². The van der Waals surface area contributed by atoms with Gasteiger partial charge in [-0.3, -0.25) is 9.69 Å². The minimum absolute atomic E-state index is 0.103. The zero-order valence-electron chi connectivity index (χ0n) is 14.0. The highest BCUT2D eigenvalue weighted by molar-refractivity contribution is 7.10. The second-order valence-corrected chi connectivity index (χ2v) is 7.04. The first-order chi connectivity index (χ1) is 12.2. The molecule has 0 saturated carbocycles. The van der Waals surface area contributed by atoms with E-state index >= 15 is 0 Å². The van der Waals surface area contributed by atoms with Crippen LogP contribution in [0.2, 0.25) is 0 Å². The first-order valence-corrected chi connectivity index (χ1v) is 9.17. The van der Waals surface area contributed by atoms with Gasteiger partial charge in [0, 0.05) is 29.7 Å². The van der Waals surface area contributed by atoms with E-state index in [2.05, 4.69) is 4.57 Å². The average molecular weight is 353 g/mol. The monoisotopic (exact) mass is 353 g/mol. The van der Waals surface area contributed by atoms with Gasteiger partial charge in [0.15, 0.2) is 0 Å². The Morgan fingerprint density at radius 3 is 3.00 bits per heavy atom. The lowest BCUT2D eigenvalue weighted by Crippen LogP contribution is -2.38. The van der Waals surface area contributed by atoms with E-state index in [0.717, 1.165) is 47.3 Å².